The van der Waals surface area contributed by atoms with Crippen molar-refractivity contribution >= 4 is 39.1 Å². The van der Waals surface area contributed by atoms with E-state index in [4.69, 9.17) is 0 Å². The molecule has 0 heterocycles. The fourth-order valence-electron chi connectivity index (χ4n) is 2.11. The van der Waals surface area contributed by atoms with Gasteiger partial charge in [0.25, 0.3) is 0 Å². The molecule has 1 N–H and O–H groups in total. The Balaban J connectivity index is 2.12. The van der Waals surface area contributed by atoms with Crippen molar-refractivity contribution in [3.8, 4) is 0 Å². The summed E-state index contributed by atoms with van der Waals surface area (Å²) in [6.45, 7) is 3.10. The summed E-state index contributed by atoms with van der Waals surface area (Å²) < 4.78 is 13.9. The van der Waals surface area contributed by atoms with Crippen LogP contribution in [0.3, 0.4) is 0 Å². The Hall–Kier alpha value is -2.21. The van der Waals surface area contributed by atoms with Gasteiger partial charge in [-0.2, -0.15) is 0 Å². The Morgan fingerprint density at radius 1 is 1.17 bits per heavy atom. The number of nitrogens with one attached hydrogen (secondary N) is 1. The van der Waals surface area contributed by atoms with E-state index in [9.17, 15) is 14.0 Å². The van der Waals surface area contributed by atoms with Crippen LogP contribution < -0.4 is 10.2 Å². The predicted octanol–water partition coefficient (Wildman–Crippen LogP) is 3.89. The van der Waals surface area contributed by atoms with Crippen LogP contribution in [0.5, 0.6) is 0 Å². The molecular formula is C17H16BrFN2O2. The van der Waals surface area contributed by atoms with Gasteiger partial charge in [-0.25, -0.2) is 4.39 Å². The molecule has 0 aliphatic rings. The monoisotopic (exact) mass is 378 g/mol. The van der Waals surface area contributed by atoms with Crippen LogP contribution in [-0.4, -0.2) is 18.4 Å². The van der Waals surface area contributed by atoms with E-state index >= 15 is 0 Å². The average molecular weight is 379 g/mol. The predicted molar refractivity (Wildman–Crippen MR) is 91.9 cm³/mol. The van der Waals surface area contributed by atoms with E-state index in [0.29, 0.717) is 11.4 Å². The van der Waals surface area contributed by atoms with Gasteiger partial charge in [-0.15, -0.1) is 0 Å². The summed E-state index contributed by atoms with van der Waals surface area (Å²) >= 11 is 3.36. The fourth-order valence-corrected chi connectivity index (χ4v) is 2.58. The van der Waals surface area contributed by atoms with Crippen molar-refractivity contribution in [2.24, 2.45) is 0 Å². The number of carbonyl (C=O) groups excluding carboxylic acids is 2. The normalized spacial score (nSPS) is 10.3. The zero-order valence-electron chi connectivity index (χ0n) is 12.8. The number of anilines is 2. The number of carbonyl (C=O) groups is 2. The molecule has 2 aromatic carbocycles. The molecule has 0 aromatic heterocycles. The summed E-state index contributed by atoms with van der Waals surface area (Å²) in [5, 5.41) is 2.78. The van der Waals surface area contributed by atoms with E-state index in [-0.39, 0.29) is 18.4 Å². The minimum Gasteiger partial charge on any atom is -0.324 e. The van der Waals surface area contributed by atoms with Crippen molar-refractivity contribution in [3.63, 3.8) is 0 Å². The van der Waals surface area contributed by atoms with Gasteiger partial charge in [0, 0.05) is 22.8 Å². The third-order valence-electron chi connectivity index (χ3n) is 3.28. The SMILES string of the molecule is CC(=O)N(CC(=O)Nc1ccc(Br)cc1C)c1ccc(F)cc1. The summed E-state index contributed by atoms with van der Waals surface area (Å²) in [4.78, 5) is 25.3. The van der Waals surface area contributed by atoms with Crippen LogP contribution in [-0.2, 0) is 9.59 Å². The van der Waals surface area contributed by atoms with Crippen molar-refractivity contribution in [3.05, 3.63) is 58.3 Å². The first-order valence-corrected chi connectivity index (χ1v) is 7.76. The molecule has 120 valence electrons. The van der Waals surface area contributed by atoms with E-state index in [0.717, 1.165) is 10.0 Å². The van der Waals surface area contributed by atoms with Crippen LogP contribution in [0.15, 0.2) is 46.9 Å². The van der Waals surface area contributed by atoms with Crippen molar-refractivity contribution in [2.75, 3.05) is 16.8 Å². The van der Waals surface area contributed by atoms with Crippen LogP contribution in [0.2, 0.25) is 0 Å². The van der Waals surface area contributed by atoms with Crippen LogP contribution in [0.1, 0.15) is 12.5 Å². The summed E-state index contributed by atoms with van der Waals surface area (Å²) in [7, 11) is 0. The number of rotatable bonds is 4. The van der Waals surface area contributed by atoms with Crippen LogP contribution in [0, 0.1) is 12.7 Å². The molecule has 0 fully saturated rings. The second-order valence-electron chi connectivity index (χ2n) is 5.09. The van der Waals surface area contributed by atoms with Crippen molar-refractivity contribution in [1.29, 1.82) is 0 Å². The lowest BCUT2D eigenvalue weighted by Crippen LogP contribution is -2.36. The van der Waals surface area contributed by atoms with E-state index in [1.54, 1.807) is 6.07 Å². The Morgan fingerprint density at radius 2 is 1.83 bits per heavy atom. The van der Waals surface area contributed by atoms with Gasteiger partial charge < -0.3 is 10.2 Å². The molecule has 4 nitrogen and oxygen atoms in total. The second kappa shape index (κ2) is 7.37. The van der Waals surface area contributed by atoms with Crippen molar-refractivity contribution in [1.82, 2.24) is 0 Å². The molecule has 0 spiro atoms. The lowest BCUT2D eigenvalue weighted by molar-refractivity contribution is -0.120. The molecule has 0 unspecified atom stereocenters. The first kappa shape index (κ1) is 17.1. The highest BCUT2D eigenvalue weighted by Crippen LogP contribution is 2.20. The highest BCUT2D eigenvalue weighted by atomic mass is 79.9. The minimum absolute atomic E-state index is 0.142. The molecule has 0 saturated heterocycles. The molecule has 0 aliphatic heterocycles. The first-order chi connectivity index (χ1) is 10.9. The van der Waals surface area contributed by atoms with Gasteiger partial charge in [-0.3, -0.25) is 9.59 Å². The Labute approximate surface area is 142 Å². The summed E-state index contributed by atoms with van der Waals surface area (Å²) in [5.41, 5.74) is 2.06. The highest BCUT2D eigenvalue weighted by Gasteiger charge is 2.16. The molecule has 0 atom stereocenters. The zero-order chi connectivity index (χ0) is 17.0. The summed E-state index contributed by atoms with van der Waals surface area (Å²) in [6.07, 6.45) is 0. The largest absolute Gasteiger partial charge is 0.324 e. The number of benzene rings is 2. The first-order valence-electron chi connectivity index (χ1n) is 6.96. The molecule has 0 aliphatic carbocycles. The summed E-state index contributed by atoms with van der Waals surface area (Å²) in [6, 6.07) is 10.9. The third-order valence-corrected chi connectivity index (χ3v) is 3.78. The van der Waals surface area contributed by atoms with Gasteiger partial charge in [-0.05, 0) is 55.0 Å². The van der Waals surface area contributed by atoms with E-state index in [1.165, 1.54) is 36.1 Å². The fraction of sp³-hybridized carbons (Fsp3) is 0.176. The van der Waals surface area contributed by atoms with Gasteiger partial charge >= 0.3 is 0 Å². The number of nitrogens with zero attached hydrogens (tertiary/aromatic N) is 1. The average Bonchev–Trinajstić information content (AvgIpc) is 2.48. The lowest BCUT2D eigenvalue weighted by Gasteiger charge is -2.21. The van der Waals surface area contributed by atoms with Gasteiger partial charge in [0.15, 0.2) is 0 Å². The molecular weight excluding hydrogens is 363 g/mol. The maximum Gasteiger partial charge on any atom is 0.244 e. The van der Waals surface area contributed by atoms with Crippen molar-refractivity contribution < 1.29 is 14.0 Å². The zero-order valence-corrected chi connectivity index (χ0v) is 14.4. The van der Waals surface area contributed by atoms with E-state index in [2.05, 4.69) is 21.2 Å². The van der Waals surface area contributed by atoms with Crippen molar-refractivity contribution in [2.45, 2.75) is 13.8 Å². The minimum atomic E-state index is -0.396. The second-order valence-corrected chi connectivity index (χ2v) is 6.00. The number of hydrogen-bond acceptors (Lipinski definition) is 2. The maximum atomic E-state index is 13.0. The van der Waals surface area contributed by atoms with Crippen LogP contribution in [0.25, 0.3) is 0 Å². The molecule has 0 saturated carbocycles. The van der Waals surface area contributed by atoms with Gasteiger partial charge in [0.2, 0.25) is 11.8 Å². The van der Waals surface area contributed by atoms with Crippen LogP contribution >= 0.6 is 15.9 Å². The molecule has 2 rings (SSSR count). The topological polar surface area (TPSA) is 49.4 Å². The molecule has 2 aromatic rings. The van der Waals surface area contributed by atoms with Gasteiger partial charge in [-0.1, -0.05) is 15.9 Å². The summed E-state index contributed by atoms with van der Waals surface area (Å²) in [5.74, 6) is -1.01. The quantitative estimate of drug-likeness (QED) is 0.877. The van der Waals surface area contributed by atoms with Gasteiger partial charge in [0.1, 0.15) is 12.4 Å². The lowest BCUT2D eigenvalue weighted by atomic mass is 10.2. The number of aryl methyl sites for hydroxylation is 1. The third kappa shape index (κ3) is 4.63. The Bertz CT molecular complexity index is 732. The molecule has 23 heavy (non-hydrogen) atoms. The van der Waals surface area contributed by atoms with Gasteiger partial charge in [0.05, 0.1) is 0 Å². The number of halogens is 2. The molecule has 0 radical (unpaired) electrons. The molecule has 2 amide bonds. The maximum absolute atomic E-state index is 13.0. The number of amides is 2. The Morgan fingerprint density at radius 3 is 2.39 bits per heavy atom. The highest BCUT2D eigenvalue weighted by molar-refractivity contribution is 9.10. The standard InChI is InChI=1S/C17H16BrFN2O2/c1-11-9-13(18)3-8-16(11)20-17(23)10-21(12(2)22)15-6-4-14(19)5-7-15/h3-9H,10H2,1-2H3,(H,20,23). The molecule has 0 bridgehead atoms. The van der Waals surface area contributed by atoms with E-state index < -0.39 is 5.82 Å². The molecule has 6 heteroatoms. The Kier molecular flexibility index (Phi) is 5.50. The van der Waals surface area contributed by atoms with Crippen LogP contribution in [0.4, 0.5) is 15.8 Å². The smallest absolute Gasteiger partial charge is 0.244 e. The number of hydrogen-bond donors (Lipinski definition) is 1. The van der Waals surface area contributed by atoms with E-state index in [1.807, 2.05) is 19.1 Å².